The lowest BCUT2D eigenvalue weighted by Gasteiger charge is -2.26. The second kappa shape index (κ2) is 9.51. The number of carbonyl (C=O) groups excluding carboxylic acids is 2. The maximum absolute atomic E-state index is 13.1. The van der Waals surface area contributed by atoms with Gasteiger partial charge in [-0.15, -0.1) is 0 Å². The molecule has 160 valence electrons. The van der Waals surface area contributed by atoms with Gasteiger partial charge in [0.25, 0.3) is 0 Å². The first-order valence-electron chi connectivity index (χ1n) is 10.7. The maximum atomic E-state index is 13.1. The van der Waals surface area contributed by atoms with Crippen molar-refractivity contribution in [1.82, 2.24) is 9.80 Å². The molecule has 0 radical (unpaired) electrons. The third kappa shape index (κ3) is 5.43. The highest BCUT2D eigenvalue weighted by Crippen LogP contribution is 2.31. The van der Waals surface area contributed by atoms with Crippen molar-refractivity contribution in [2.75, 3.05) is 33.9 Å². The van der Waals surface area contributed by atoms with E-state index in [4.69, 9.17) is 9.47 Å². The quantitative estimate of drug-likeness (QED) is 0.603. The van der Waals surface area contributed by atoms with Gasteiger partial charge in [0, 0.05) is 32.1 Å². The topological polar surface area (TPSA) is 59.1 Å². The molecule has 0 N–H and O–H groups in total. The molecule has 1 aliphatic heterocycles. The van der Waals surface area contributed by atoms with E-state index in [1.165, 1.54) is 0 Å². The van der Waals surface area contributed by atoms with Crippen LogP contribution in [0.2, 0.25) is 0 Å². The highest BCUT2D eigenvalue weighted by Gasteiger charge is 2.40. The van der Waals surface area contributed by atoms with Gasteiger partial charge in [-0.2, -0.15) is 0 Å². The number of methoxy groups -OCH3 is 2. The number of hydrogen-bond donors (Lipinski definition) is 0. The summed E-state index contributed by atoms with van der Waals surface area (Å²) in [5.41, 5.74) is 1.08. The summed E-state index contributed by atoms with van der Waals surface area (Å²) in [5, 5.41) is 0. The van der Waals surface area contributed by atoms with E-state index >= 15 is 0 Å². The van der Waals surface area contributed by atoms with E-state index < -0.39 is 0 Å². The normalized spacial score (nSPS) is 19.0. The van der Waals surface area contributed by atoms with Crippen molar-refractivity contribution < 1.29 is 19.1 Å². The van der Waals surface area contributed by atoms with Crippen LogP contribution in [-0.2, 0) is 16.0 Å². The van der Waals surface area contributed by atoms with Crippen molar-refractivity contribution in [2.24, 2.45) is 11.8 Å². The number of likely N-dealkylation sites (tertiary alicyclic amines) is 1. The Morgan fingerprint density at radius 2 is 1.93 bits per heavy atom. The van der Waals surface area contributed by atoms with Gasteiger partial charge in [-0.05, 0) is 49.3 Å². The average molecular weight is 403 g/mol. The molecule has 0 aromatic heterocycles. The van der Waals surface area contributed by atoms with Crippen molar-refractivity contribution >= 4 is 11.8 Å². The predicted molar refractivity (Wildman–Crippen MR) is 112 cm³/mol. The standard InChI is InChI=1S/C23H34N2O4/c1-16(2)9-12-25(19-6-7-19)23(27)18-14-22(26)24(15-18)11-10-17-5-8-20(28-3)21(13-17)29-4/h5,8,13,16,18-19H,6-7,9-12,14-15H2,1-4H3. The Morgan fingerprint density at radius 3 is 2.55 bits per heavy atom. The Morgan fingerprint density at radius 1 is 1.21 bits per heavy atom. The third-order valence-electron chi connectivity index (χ3n) is 5.90. The first-order valence-corrected chi connectivity index (χ1v) is 10.7. The van der Waals surface area contributed by atoms with Crippen LogP contribution in [0.25, 0.3) is 0 Å². The molecule has 1 aromatic carbocycles. The minimum absolute atomic E-state index is 0.0865. The van der Waals surface area contributed by atoms with Gasteiger partial charge >= 0.3 is 0 Å². The van der Waals surface area contributed by atoms with Crippen molar-refractivity contribution in [2.45, 2.75) is 52.0 Å². The molecule has 3 rings (SSSR count). The molecule has 1 saturated carbocycles. The van der Waals surface area contributed by atoms with Gasteiger partial charge in [0.05, 0.1) is 20.1 Å². The molecule has 0 spiro atoms. The Labute approximate surface area is 174 Å². The van der Waals surface area contributed by atoms with Crippen LogP contribution in [0.15, 0.2) is 18.2 Å². The number of nitrogens with zero attached hydrogens (tertiary/aromatic N) is 2. The van der Waals surface area contributed by atoms with E-state index in [2.05, 4.69) is 18.7 Å². The van der Waals surface area contributed by atoms with E-state index in [1.807, 2.05) is 23.1 Å². The van der Waals surface area contributed by atoms with Crippen LogP contribution in [0.5, 0.6) is 11.5 Å². The van der Waals surface area contributed by atoms with E-state index in [1.54, 1.807) is 14.2 Å². The lowest BCUT2D eigenvalue weighted by molar-refractivity contribution is -0.136. The fraction of sp³-hybridized carbons (Fsp3) is 0.652. The SMILES string of the molecule is COc1ccc(CCN2CC(C(=O)N(CCC(C)C)C3CC3)CC2=O)cc1OC. The fourth-order valence-electron chi connectivity index (χ4n) is 3.94. The minimum atomic E-state index is -0.194. The zero-order chi connectivity index (χ0) is 21.0. The van der Waals surface area contributed by atoms with Crippen molar-refractivity contribution in [1.29, 1.82) is 0 Å². The summed E-state index contributed by atoms with van der Waals surface area (Å²) >= 11 is 0. The number of hydrogen-bond acceptors (Lipinski definition) is 4. The molecule has 1 atom stereocenters. The van der Waals surface area contributed by atoms with Crippen LogP contribution < -0.4 is 9.47 Å². The highest BCUT2D eigenvalue weighted by atomic mass is 16.5. The van der Waals surface area contributed by atoms with Gasteiger partial charge < -0.3 is 19.3 Å². The predicted octanol–water partition coefficient (Wildman–Crippen LogP) is 3.13. The molecule has 1 aromatic rings. The fourth-order valence-corrected chi connectivity index (χ4v) is 3.94. The molecule has 2 amide bonds. The Balaban J connectivity index is 1.56. The second-order valence-corrected chi connectivity index (χ2v) is 8.63. The van der Waals surface area contributed by atoms with Crippen LogP contribution in [0, 0.1) is 11.8 Å². The van der Waals surface area contributed by atoms with Crippen LogP contribution in [-0.4, -0.2) is 61.5 Å². The molecule has 1 aliphatic carbocycles. The summed E-state index contributed by atoms with van der Waals surface area (Å²) in [7, 11) is 3.23. The molecular weight excluding hydrogens is 368 g/mol. The summed E-state index contributed by atoms with van der Waals surface area (Å²) in [6.45, 7) is 6.34. The Hall–Kier alpha value is -2.24. The van der Waals surface area contributed by atoms with Gasteiger partial charge in [0.1, 0.15) is 0 Å². The first-order chi connectivity index (χ1) is 13.9. The lowest BCUT2D eigenvalue weighted by Crippen LogP contribution is -2.40. The molecule has 0 bridgehead atoms. The number of amides is 2. The second-order valence-electron chi connectivity index (χ2n) is 8.63. The number of ether oxygens (including phenoxy) is 2. The van der Waals surface area contributed by atoms with Crippen molar-refractivity contribution in [3.8, 4) is 11.5 Å². The molecule has 6 heteroatoms. The molecular formula is C23H34N2O4. The van der Waals surface area contributed by atoms with Crippen LogP contribution >= 0.6 is 0 Å². The Kier molecular flexibility index (Phi) is 7.04. The van der Waals surface area contributed by atoms with Crippen molar-refractivity contribution in [3.63, 3.8) is 0 Å². The van der Waals surface area contributed by atoms with E-state index in [0.29, 0.717) is 43.0 Å². The molecule has 1 heterocycles. The molecule has 29 heavy (non-hydrogen) atoms. The molecule has 2 fully saturated rings. The monoisotopic (exact) mass is 402 g/mol. The lowest BCUT2D eigenvalue weighted by atomic mass is 10.1. The zero-order valence-electron chi connectivity index (χ0n) is 18.1. The van der Waals surface area contributed by atoms with Crippen molar-refractivity contribution in [3.05, 3.63) is 23.8 Å². The Bertz CT molecular complexity index is 730. The van der Waals surface area contributed by atoms with Gasteiger partial charge in [0.2, 0.25) is 11.8 Å². The maximum Gasteiger partial charge on any atom is 0.228 e. The van der Waals surface area contributed by atoms with E-state index in [0.717, 1.165) is 37.8 Å². The van der Waals surface area contributed by atoms with Gasteiger partial charge in [-0.1, -0.05) is 19.9 Å². The highest BCUT2D eigenvalue weighted by molar-refractivity contribution is 5.89. The number of benzene rings is 1. The number of rotatable bonds is 10. The smallest absolute Gasteiger partial charge is 0.228 e. The molecule has 2 aliphatic rings. The zero-order valence-corrected chi connectivity index (χ0v) is 18.1. The molecule has 1 saturated heterocycles. The molecule has 1 unspecified atom stereocenters. The molecule has 6 nitrogen and oxygen atoms in total. The average Bonchev–Trinajstić information content (AvgIpc) is 3.48. The first kappa shape index (κ1) is 21.5. The third-order valence-corrected chi connectivity index (χ3v) is 5.90. The summed E-state index contributed by atoms with van der Waals surface area (Å²) in [6, 6.07) is 6.22. The number of carbonyl (C=O) groups is 2. The summed E-state index contributed by atoms with van der Waals surface area (Å²) in [4.78, 5) is 29.5. The van der Waals surface area contributed by atoms with Gasteiger partial charge in [-0.3, -0.25) is 9.59 Å². The van der Waals surface area contributed by atoms with Gasteiger partial charge in [-0.25, -0.2) is 0 Å². The van der Waals surface area contributed by atoms with Crippen LogP contribution in [0.3, 0.4) is 0 Å². The van der Waals surface area contributed by atoms with E-state index in [9.17, 15) is 9.59 Å². The van der Waals surface area contributed by atoms with E-state index in [-0.39, 0.29) is 17.7 Å². The van der Waals surface area contributed by atoms with Gasteiger partial charge in [0.15, 0.2) is 11.5 Å². The van der Waals surface area contributed by atoms with Crippen LogP contribution in [0.1, 0.15) is 45.1 Å². The summed E-state index contributed by atoms with van der Waals surface area (Å²) in [5.74, 6) is 2.03. The summed E-state index contributed by atoms with van der Waals surface area (Å²) in [6.07, 6.45) is 4.30. The largest absolute Gasteiger partial charge is 0.493 e. The van der Waals surface area contributed by atoms with Crippen LogP contribution in [0.4, 0.5) is 0 Å². The minimum Gasteiger partial charge on any atom is -0.493 e. The summed E-state index contributed by atoms with van der Waals surface area (Å²) < 4.78 is 10.6.